The Morgan fingerprint density at radius 3 is 2.72 bits per heavy atom. The number of fused-ring (bicyclic) bond motifs is 1. The molecular weight excluding hydrogens is 434 g/mol. The van der Waals surface area contributed by atoms with Crippen LogP contribution in [0, 0.1) is 5.92 Å². The van der Waals surface area contributed by atoms with Crippen LogP contribution in [0.3, 0.4) is 0 Å². The first kappa shape index (κ1) is 22.0. The maximum atomic E-state index is 12.4. The van der Waals surface area contributed by atoms with Crippen LogP contribution >= 0.6 is 15.9 Å². The van der Waals surface area contributed by atoms with Gasteiger partial charge in [-0.3, -0.25) is 19.3 Å². The Bertz CT molecular complexity index is 768. The highest BCUT2D eigenvalue weighted by atomic mass is 79.9. The zero-order chi connectivity index (χ0) is 20.8. The van der Waals surface area contributed by atoms with Crippen LogP contribution in [0.4, 0.5) is 0 Å². The Kier molecular flexibility index (Phi) is 7.84. The fourth-order valence-electron chi connectivity index (χ4n) is 4.13. The van der Waals surface area contributed by atoms with Crippen molar-refractivity contribution in [1.82, 2.24) is 15.1 Å². The lowest BCUT2D eigenvalue weighted by atomic mass is 10.0. The Balaban J connectivity index is 1.29. The largest absolute Gasteiger partial charge is 0.356 e. The van der Waals surface area contributed by atoms with Gasteiger partial charge in [0.1, 0.15) is 0 Å². The van der Waals surface area contributed by atoms with Gasteiger partial charge in [-0.05, 0) is 69.3 Å². The van der Waals surface area contributed by atoms with Crippen molar-refractivity contribution in [2.24, 2.45) is 5.92 Å². The summed E-state index contributed by atoms with van der Waals surface area (Å²) in [7, 11) is 0. The Labute approximate surface area is 181 Å². The highest BCUT2D eigenvalue weighted by Gasteiger charge is 2.35. The summed E-state index contributed by atoms with van der Waals surface area (Å²) in [5.41, 5.74) is 0.864. The molecule has 158 valence electrons. The van der Waals surface area contributed by atoms with Crippen LogP contribution in [-0.2, 0) is 4.79 Å². The van der Waals surface area contributed by atoms with Gasteiger partial charge in [-0.2, -0.15) is 0 Å². The highest BCUT2D eigenvalue weighted by Crippen LogP contribution is 2.26. The van der Waals surface area contributed by atoms with Crippen LogP contribution in [-0.4, -0.2) is 60.2 Å². The number of carbonyl (C=O) groups excluding carboxylic acids is 3. The van der Waals surface area contributed by atoms with Crippen molar-refractivity contribution in [2.45, 2.75) is 45.4 Å². The van der Waals surface area contributed by atoms with E-state index in [0.717, 1.165) is 29.8 Å². The average Bonchev–Trinajstić information content (AvgIpc) is 2.92. The molecule has 29 heavy (non-hydrogen) atoms. The molecule has 0 bridgehead atoms. The monoisotopic (exact) mass is 463 g/mol. The fraction of sp³-hybridized carbons (Fsp3) is 0.591. The second-order valence-corrected chi connectivity index (χ2v) is 9.08. The van der Waals surface area contributed by atoms with Gasteiger partial charge >= 0.3 is 0 Å². The second kappa shape index (κ2) is 10.3. The van der Waals surface area contributed by atoms with Gasteiger partial charge in [-0.1, -0.05) is 22.9 Å². The summed E-state index contributed by atoms with van der Waals surface area (Å²) in [5, 5.41) is 2.95. The molecule has 3 amide bonds. The molecular formula is C22H30BrN3O3. The van der Waals surface area contributed by atoms with Gasteiger partial charge in [0.2, 0.25) is 5.91 Å². The standard InChI is InChI=1S/C22H30BrN3O3/c1-16-6-4-12-25(15-16)11-3-2-10-24-20(27)7-5-13-26-21(28)18-9-8-17(23)14-19(18)22(26)29/h8-9,14,16H,2-7,10-13,15H2,1H3,(H,24,27). The lowest BCUT2D eigenvalue weighted by Crippen LogP contribution is -2.35. The molecule has 1 aromatic rings. The first-order valence-electron chi connectivity index (χ1n) is 10.6. The van der Waals surface area contributed by atoms with Crippen molar-refractivity contribution in [2.75, 3.05) is 32.7 Å². The van der Waals surface area contributed by atoms with Crippen molar-refractivity contribution in [1.29, 1.82) is 0 Å². The van der Waals surface area contributed by atoms with Crippen LogP contribution in [0.1, 0.15) is 66.2 Å². The van der Waals surface area contributed by atoms with Crippen LogP contribution in [0.25, 0.3) is 0 Å². The highest BCUT2D eigenvalue weighted by molar-refractivity contribution is 9.10. The molecule has 0 spiro atoms. The third-order valence-electron chi connectivity index (χ3n) is 5.68. The molecule has 2 aliphatic heterocycles. The number of hydrogen-bond acceptors (Lipinski definition) is 4. The summed E-state index contributed by atoms with van der Waals surface area (Å²) in [6, 6.07) is 5.09. The number of nitrogens with zero attached hydrogens (tertiary/aromatic N) is 2. The van der Waals surface area contributed by atoms with E-state index in [9.17, 15) is 14.4 Å². The Morgan fingerprint density at radius 2 is 1.93 bits per heavy atom. The van der Waals surface area contributed by atoms with E-state index in [-0.39, 0.29) is 24.3 Å². The lowest BCUT2D eigenvalue weighted by Gasteiger charge is -2.30. The van der Waals surface area contributed by atoms with Gasteiger partial charge in [0, 0.05) is 30.5 Å². The van der Waals surface area contributed by atoms with Crippen molar-refractivity contribution in [3.8, 4) is 0 Å². The number of likely N-dealkylation sites (tertiary alicyclic amines) is 1. The lowest BCUT2D eigenvalue weighted by molar-refractivity contribution is -0.121. The summed E-state index contributed by atoms with van der Waals surface area (Å²) in [5.74, 6) is 0.228. The number of rotatable bonds is 9. The third-order valence-corrected chi connectivity index (χ3v) is 6.18. The van der Waals surface area contributed by atoms with E-state index in [4.69, 9.17) is 0 Å². The van der Waals surface area contributed by atoms with E-state index in [1.807, 2.05) is 0 Å². The minimum Gasteiger partial charge on any atom is -0.356 e. The first-order chi connectivity index (χ1) is 14.0. The molecule has 7 heteroatoms. The fourth-order valence-corrected chi connectivity index (χ4v) is 4.49. The van der Waals surface area contributed by atoms with Gasteiger partial charge in [-0.25, -0.2) is 0 Å². The number of hydrogen-bond donors (Lipinski definition) is 1. The van der Waals surface area contributed by atoms with Gasteiger partial charge < -0.3 is 10.2 Å². The number of nitrogens with one attached hydrogen (secondary N) is 1. The molecule has 0 radical (unpaired) electrons. The predicted molar refractivity (Wildman–Crippen MR) is 116 cm³/mol. The SMILES string of the molecule is CC1CCCN(CCCCNC(=O)CCCN2C(=O)c3ccc(Br)cc3C2=O)C1. The maximum absolute atomic E-state index is 12.4. The van der Waals surface area contributed by atoms with Gasteiger partial charge in [0.15, 0.2) is 0 Å². The van der Waals surface area contributed by atoms with E-state index < -0.39 is 0 Å². The number of piperidine rings is 1. The van der Waals surface area contributed by atoms with Crippen LogP contribution in [0.5, 0.6) is 0 Å². The van der Waals surface area contributed by atoms with Crippen molar-refractivity contribution < 1.29 is 14.4 Å². The molecule has 0 aliphatic carbocycles. The smallest absolute Gasteiger partial charge is 0.261 e. The van der Waals surface area contributed by atoms with Crippen molar-refractivity contribution >= 4 is 33.7 Å². The second-order valence-electron chi connectivity index (χ2n) is 8.16. The molecule has 1 atom stereocenters. The average molecular weight is 464 g/mol. The molecule has 2 aliphatic rings. The normalized spacial score (nSPS) is 19.5. The first-order valence-corrected chi connectivity index (χ1v) is 11.4. The minimum atomic E-state index is -0.279. The van der Waals surface area contributed by atoms with Crippen LogP contribution in [0.2, 0.25) is 0 Å². The molecule has 1 N–H and O–H groups in total. The molecule has 1 saturated heterocycles. The number of carbonyl (C=O) groups is 3. The minimum absolute atomic E-state index is 0.0176. The molecule has 0 aromatic heterocycles. The molecule has 1 unspecified atom stereocenters. The van der Waals surface area contributed by atoms with Gasteiger partial charge in [0.05, 0.1) is 11.1 Å². The summed E-state index contributed by atoms with van der Waals surface area (Å²) in [4.78, 5) is 40.6. The van der Waals surface area contributed by atoms with E-state index in [2.05, 4.69) is 33.1 Å². The molecule has 2 heterocycles. The summed E-state index contributed by atoms with van der Waals surface area (Å²) < 4.78 is 0.772. The maximum Gasteiger partial charge on any atom is 0.261 e. The number of halogens is 1. The topological polar surface area (TPSA) is 69.7 Å². The third kappa shape index (κ3) is 5.89. The Morgan fingerprint density at radius 1 is 1.14 bits per heavy atom. The number of unbranched alkanes of at least 4 members (excludes halogenated alkanes) is 1. The van der Waals surface area contributed by atoms with E-state index in [1.165, 1.54) is 30.8 Å². The van der Waals surface area contributed by atoms with Gasteiger partial charge in [-0.15, -0.1) is 0 Å². The molecule has 0 saturated carbocycles. The van der Waals surface area contributed by atoms with Gasteiger partial charge in [0.25, 0.3) is 11.8 Å². The number of benzene rings is 1. The van der Waals surface area contributed by atoms with E-state index in [0.29, 0.717) is 30.5 Å². The molecule has 1 fully saturated rings. The molecule has 1 aromatic carbocycles. The summed E-state index contributed by atoms with van der Waals surface area (Å²) in [6.07, 6.45) is 5.50. The van der Waals surface area contributed by atoms with Crippen molar-refractivity contribution in [3.05, 3.63) is 33.8 Å². The number of amides is 3. The summed E-state index contributed by atoms with van der Waals surface area (Å²) >= 11 is 3.33. The van der Waals surface area contributed by atoms with Crippen LogP contribution < -0.4 is 5.32 Å². The van der Waals surface area contributed by atoms with Crippen molar-refractivity contribution in [3.63, 3.8) is 0 Å². The molecule has 3 rings (SSSR count). The predicted octanol–water partition coefficient (Wildman–Crippen LogP) is 3.45. The van der Waals surface area contributed by atoms with E-state index >= 15 is 0 Å². The molecule has 6 nitrogen and oxygen atoms in total. The van der Waals surface area contributed by atoms with Crippen LogP contribution in [0.15, 0.2) is 22.7 Å². The Hall–Kier alpha value is -1.73. The van der Waals surface area contributed by atoms with E-state index in [1.54, 1.807) is 18.2 Å². The quantitative estimate of drug-likeness (QED) is 0.449. The zero-order valence-corrected chi connectivity index (χ0v) is 18.7. The summed E-state index contributed by atoms with van der Waals surface area (Å²) in [6.45, 7) is 6.77. The zero-order valence-electron chi connectivity index (χ0n) is 17.1. The number of imide groups is 1.